The van der Waals surface area contributed by atoms with Gasteiger partial charge in [-0.1, -0.05) is 44.2 Å². The van der Waals surface area contributed by atoms with Gasteiger partial charge in [-0.3, -0.25) is 0 Å². The Bertz CT molecular complexity index is 1260. The molecule has 0 amide bonds. The first kappa shape index (κ1) is 21.8. The van der Waals surface area contributed by atoms with Crippen molar-refractivity contribution in [1.29, 1.82) is 0 Å². The molecule has 1 aromatic heterocycles. The fraction of sp³-hybridized carbons (Fsp3) is 0.214. The van der Waals surface area contributed by atoms with Crippen LogP contribution < -0.4 is 19.7 Å². The minimum Gasteiger partial charge on any atom is -0.497 e. The third-order valence-corrected chi connectivity index (χ3v) is 6.06. The van der Waals surface area contributed by atoms with Crippen molar-refractivity contribution >= 4 is 17.3 Å². The summed E-state index contributed by atoms with van der Waals surface area (Å²) in [7, 11) is 1.68. The van der Waals surface area contributed by atoms with Crippen molar-refractivity contribution < 1.29 is 9.47 Å². The van der Waals surface area contributed by atoms with Gasteiger partial charge in [-0.2, -0.15) is 0 Å². The minimum absolute atomic E-state index is 0.113. The molecule has 6 nitrogen and oxygen atoms in total. The SMILES string of the molecule is COc1ccc(CNc2ncnc3c2C(C)(C)CN3c2ccc(Oc3ccccc3)cc2)cc1. The second-order valence-electron chi connectivity index (χ2n) is 9.00. The Labute approximate surface area is 200 Å². The summed E-state index contributed by atoms with van der Waals surface area (Å²) < 4.78 is 11.2. The Balaban J connectivity index is 1.37. The second-order valence-corrected chi connectivity index (χ2v) is 9.00. The fourth-order valence-corrected chi connectivity index (χ4v) is 4.35. The lowest BCUT2D eigenvalue weighted by Crippen LogP contribution is -2.25. The molecule has 3 aromatic carbocycles. The summed E-state index contributed by atoms with van der Waals surface area (Å²) in [4.78, 5) is 11.5. The zero-order chi connectivity index (χ0) is 23.5. The van der Waals surface area contributed by atoms with Gasteiger partial charge < -0.3 is 19.7 Å². The van der Waals surface area contributed by atoms with Gasteiger partial charge in [0.2, 0.25) is 0 Å². The summed E-state index contributed by atoms with van der Waals surface area (Å²) in [6, 6.07) is 26.0. The third kappa shape index (κ3) is 4.39. The van der Waals surface area contributed by atoms with Crippen molar-refractivity contribution in [2.45, 2.75) is 25.8 Å². The van der Waals surface area contributed by atoms with Gasteiger partial charge in [0.15, 0.2) is 0 Å². The summed E-state index contributed by atoms with van der Waals surface area (Å²) in [5.41, 5.74) is 3.26. The molecule has 0 radical (unpaired) electrons. The van der Waals surface area contributed by atoms with Crippen LogP contribution in [-0.4, -0.2) is 23.6 Å². The Morgan fingerprint density at radius 2 is 1.53 bits per heavy atom. The van der Waals surface area contributed by atoms with Crippen LogP contribution in [-0.2, 0) is 12.0 Å². The molecule has 0 unspecified atom stereocenters. The van der Waals surface area contributed by atoms with E-state index in [0.29, 0.717) is 6.54 Å². The van der Waals surface area contributed by atoms with Crippen molar-refractivity contribution in [1.82, 2.24) is 9.97 Å². The average molecular weight is 453 g/mol. The zero-order valence-electron chi connectivity index (χ0n) is 19.7. The number of hydrogen-bond acceptors (Lipinski definition) is 6. The average Bonchev–Trinajstić information content (AvgIpc) is 3.15. The highest BCUT2D eigenvalue weighted by Gasteiger charge is 2.39. The van der Waals surface area contributed by atoms with Crippen LogP contribution in [0.4, 0.5) is 17.3 Å². The predicted molar refractivity (Wildman–Crippen MR) is 135 cm³/mol. The normalized spacial score (nSPS) is 13.9. The largest absolute Gasteiger partial charge is 0.497 e. The molecule has 0 fully saturated rings. The molecule has 0 spiro atoms. The number of nitrogens with zero attached hydrogens (tertiary/aromatic N) is 3. The number of nitrogens with one attached hydrogen (secondary N) is 1. The first-order valence-corrected chi connectivity index (χ1v) is 11.4. The van der Waals surface area contributed by atoms with Crippen molar-refractivity contribution in [2.75, 3.05) is 23.9 Å². The predicted octanol–water partition coefficient (Wildman–Crippen LogP) is 6.32. The quantitative estimate of drug-likeness (QED) is 0.354. The number of methoxy groups -OCH3 is 1. The Morgan fingerprint density at radius 3 is 2.24 bits per heavy atom. The van der Waals surface area contributed by atoms with E-state index in [0.717, 1.165) is 52.2 Å². The lowest BCUT2D eigenvalue weighted by Gasteiger charge is -2.22. The number of benzene rings is 3. The van der Waals surface area contributed by atoms with Gasteiger partial charge >= 0.3 is 0 Å². The van der Waals surface area contributed by atoms with E-state index in [-0.39, 0.29) is 5.41 Å². The molecular formula is C28H28N4O2. The topological polar surface area (TPSA) is 59.5 Å². The van der Waals surface area contributed by atoms with E-state index in [2.05, 4.69) is 58.3 Å². The van der Waals surface area contributed by atoms with E-state index in [1.807, 2.05) is 54.6 Å². The monoisotopic (exact) mass is 452 g/mol. The van der Waals surface area contributed by atoms with Crippen LogP contribution in [0.2, 0.25) is 0 Å². The summed E-state index contributed by atoms with van der Waals surface area (Å²) >= 11 is 0. The maximum atomic E-state index is 5.95. The number of anilines is 3. The van der Waals surface area contributed by atoms with Gasteiger partial charge in [-0.25, -0.2) is 9.97 Å². The Hall–Kier alpha value is -4.06. The molecule has 0 atom stereocenters. The van der Waals surface area contributed by atoms with Crippen LogP contribution in [0.3, 0.4) is 0 Å². The van der Waals surface area contributed by atoms with Crippen molar-refractivity contribution in [2.24, 2.45) is 0 Å². The molecule has 6 heteroatoms. The zero-order valence-corrected chi connectivity index (χ0v) is 19.7. The number of fused-ring (bicyclic) bond motifs is 1. The highest BCUT2D eigenvalue weighted by atomic mass is 16.5. The third-order valence-electron chi connectivity index (χ3n) is 6.06. The smallest absolute Gasteiger partial charge is 0.142 e. The summed E-state index contributed by atoms with van der Waals surface area (Å²) in [6.07, 6.45) is 1.64. The number of ether oxygens (including phenoxy) is 2. The lowest BCUT2D eigenvalue weighted by atomic mass is 9.88. The highest BCUT2D eigenvalue weighted by Crippen LogP contribution is 2.46. The molecule has 0 aliphatic carbocycles. The van der Waals surface area contributed by atoms with Crippen LogP contribution in [0.15, 0.2) is 85.2 Å². The van der Waals surface area contributed by atoms with Gasteiger partial charge in [0.05, 0.1) is 7.11 Å². The first-order chi connectivity index (χ1) is 16.5. The summed E-state index contributed by atoms with van der Waals surface area (Å²) in [5.74, 6) is 4.29. The van der Waals surface area contributed by atoms with Gasteiger partial charge in [0.1, 0.15) is 35.2 Å². The van der Waals surface area contributed by atoms with Crippen molar-refractivity contribution in [3.63, 3.8) is 0 Å². The molecule has 1 aliphatic heterocycles. The van der Waals surface area contributed by atoms with E-state index in [1.54, 1.807) is 13.4 Å². The van der Waals surface area contributed by atoms with Crippen LogP contribution in [0, 0.1) is 0 Å². The standard InChI is InChI=1S/C28H28N4O2/c1-28(2)18-32(21-11-15-24(16-12-21)34-23-7-5-4-6-8-23)27-25(28)26(30-19-31-27)29-17-20-9-13-22(33-3)14-10-20/h4-16,19H,17-18H2,1-3H3,(H,29,30,31). The fourth-order valence-electron chi connectivity index (χ4n) is 4.35. The first-order valence-electron chi connectivity index (χ1n) is 11.4. The van der Waals surface area contributed by atoms with Crippen LogP contribution >= 0.6 is 0 Å². The number of rotatable bonds is 7. The van der Waals surface area contributed by atoms with Gasteiger partial charge in [-0.15, -0.1) is 0 Å². The lowest BCUT2D eigenvalue weighted by molar-refractivity contribution is 0.414. The molecule has 34 heavy (non-hydrogen) atoms. The molecule has 2 heterocycles. The van der Waals surface area contributed by atoms with E-state index in [4.69, 9.17) is 9.47 Å². The van der Waals surface area contributed by atoms with Crippen LogP contribution in [0.5, 0.6) is 17.2 Å². The molecule has 0 saturated carbocycles. The molecule has 0 bridgehead atoms. The number of para-hydroxylation sites is 1. The Kier molecular flexibility index (Phi) is 5.80. The molecule has 1 aliphatic rings. The second kappa shape index (κ2) is 9.06. The molecule has 0 saturated heterocycles. The number of aromatic nitrogens is 2. The maximum absolute atomic E-state index is 5.95. The molecule has 4 aromatic rings. The van der Waals surface area contributed by atoms with E-state index in [1.165, 1.54) is 0 Å². The van der Waals surface area contributed by atoms with Gasteiger partial charge in [0.25, 0.3) is 0 Å². The van der Waals surface area contributed by atoms with E-state index < -0.39 is 0 Å². The molecular weight excluding hydrogens is 424 g/mol. The van der Waals surface area contributed by atoms with Crippen LogP contribution in [0.1, 0.15) is 25.0 Å². The number of hydrogen-bond donors (Lipinski definition) is 1. The molecule has 5 rings (SSSR count). The van der Waals surface area contributed by atoms with E-state index in [9.17, 15) is 0 Å². The van der Waals surface area contributed by atoms with E-state index >= 15 is 0 Å². The minimum atomic E-state index is -0.113. The van der Waals surface area contributed by atoms with Gasteiger partial charge in [0, 0.05) is 29.8 Å². The van der Waals surface area contributed by atoms with Crippen molar-refractivity contribution in [3.8, 4) is 17.2 Å². The summed E-state index contributed by atoms with van der Waals surface area (Å²) in [5, 5.41) is 3.52. The highest BCUT2D eigenvalue weighted by molar-refractivity contribution is 5.74. The van der Waals surface area contributed by atoms with Gasteiger partial charge in [-0.05, 0) is 54.1 Å². The molecule has 172 valence electrons. The molecule has 1 N–H and O–H groups in total. The van der Waals surface area contributed by atoms with Crippen molar-refractivity contribution in [3.05, 3.63) is 96.3 Å². The maximum Gasteiger partial charge on any atom is 0.142 e. The van der Waals surface area contributed by atoms with Crippen LogP contribution in [0.25, 0.3) is 0 Å². The summed E-state index contributed by atoms with van der Waals surface area (Å²) in [6.45, 7) is 5.97. The Morgan fingerprint density at radius 1 is 0.853 bits per heavy atom.